The van der Waals surface area contributed by atoms with E-state index in [1.165, 1.54) is 0 Å². The number of ether oxygens (including phenoxy) is 2. The minimum atomic E-state index is -0.960. The lowest BCUT2D eigenvalue weighted by Gasteiger charge is -2.31. The maximum Gasteiger partial charge on any atom is 0.303 e. The Balaban J connectivity index is 2.16. The summed E-state index contributed by atoms with van der Waals surface area (Å²) in [6, 6.07) is 0. The van der Waals surface area contributed by atoms with Crippen LogP contribution in [0.15, 0.2) is 24.3 Å². The first-order valence-corrected chi connectivity index (χ1v) is 11.9. The fourth-order valence-corrected chi connectivity index (χ4v) is 4.95. The molecule has 2 N–H and O–H groups in total. The zero-order valence-corrected chi connectivity index (χ0v) is 19.4. The molecule has 8 nitrogen and oxygen atoms in total. The number of carbonyl (C=O) groups is 1. The molecule has 2 fully saturated rings. The van der Waals surface area contributed by atoms with Gasteiger partial charge in [-0.2, -0.15) is 0 Å². The first-order chi connectivity index (χ1) is 15.2. The van der Waals surface area contributed by atoms with Crippen molar-refractivity contribution < 1.29 is 29.4 Å². The number of nitro groups is 1. The van der Waals surface area contributed by atoms with Crippen molar-refractivity contribution >= 4 is 5.97 Å². The van der Waals surface area contributed by atoms with Crippen molar-refractivity contribution in [3.8, 4) is 0 Å². The molecule has 1 aliphatic heterocycles. The molecule has 182 valence electrons. The molecule has 2 rings (SSSR count). The summed E-state index contributed by atoms with van der Waals surface area (Å²) in [4.78, 5) is 21.8. The van der Waals surface area contributed by atoms with Crippen molar-refractivity contribution in [2.24, 2.45) is 17.8 Å². The van der Waals surface area contributed by atoms with E-state index in [2.05, 4.69) is 6.92 Å². The summed E-state index contributed by atoms with van der Waals surface area (Å²) >= 11 is 0. The Morgan fingerprint density at radius 2 is 1.97 bits per heavy atom. The number of carboxylic acids is 1. The van der Waals surface area contributed by atoms with E-state index in [0.29, 0.717) is 45.3 Å². The third-order valence-corrected chi connectivity index (χ3v) is 6.56. The van der Waals surface area contributed by atoms with Gasteiger partial charge in [0.25, 0.3) is 0 Å². The van der Waals surface area contributed by atoms with Gasteiger partial charge in [-0.1, -0.05) is 50.5 Å². The maximum absolute atomic E-state index is 11.4. The van der Waals surface area contributed by atoms with Crippen LogP contribution in [0.2, 0.25) is 0 Å². The van der Waals surface area contributed by atoms with Gasteiger partial charge in [0.15, 0.2) is 5.79 Å². The smallest absolute Gasteiger partial charge is 0.303 e. The van der Waals surface area contributed by atoms with Crippen molar-refractivity contribution in [2.75, 3.05) is 19.8 Å². The highest BCUT2D eigenvalue weighted by atomic mass is 16.7. The summed E-state index contributed by atoms with van der Waals surface area (Å²) in [5.74, 6) is -2.14. The van der Waals surface area contributed by atoms with E-state index >= 15 is 0 Å². The van der Waals surface area contributed by atoms with E-state index in [4.69, 9.17) is 14.6 Å². The number of hydrogen-bond donors (Lipinski definition) is 2. The summed E-state index contributed by atoms with van der Waals surface area (Å²) in [5, 5.41) is 30.9. The summed E-state index contributed by atoms with van der Waals surface area (Å²) in [7, 11) is 0. The zero-order chi connectivity index (χ0) is 23.6. The SMILES string of the molecule is CCCCCC(C)(O)/C=C/C1C(C[N+](=O)[O-])CC2(OCCO2)C1C/C=C/CCCC(=O)O. The number of aliphatic hydroxyl groups is 1. The fraction of sp³-hybridized carbons (Fsp3) is 0.792. The van der Waals surface area contributed by atoms with Crippen LogP contribution in [-0.4, -0.2) is 52.3 Å². The second-order valence-corrected chi connectivity index (χ2v) is 9.34. The number of allylic oxidation sites excluding steroid dienone is 3. The molecule has 1 saturated carbocycles. The second-order valence-electron chi connectivity index (χ2n) is 9.34. The minimum Gasteiger partial charge on any atom is -0.481 e. The molecule has 4 unspecified atom stereocenters. The molecule has 1 saturated heterocycles. The van der Waals surface area contributed by atoms with Crippen LogP contribution < -0.4 is 0 Å². The number of rotatable bonds is 14. The van der Waals surface area contributed by atoms with Gasteiger partial charge in [0.05, 0.1) is 18.8 Å². The van der Waals surface area contributed by atoms with E-state index in [-0.39, 0.29) is 35.6 Å². The summed E-state index contributed by atoms with van der Waals surface area (Å²) < 4.78 is 12.0. The average Bonchev–Trinajstić information content (AvgIpc) is 3.27. The van der Waals surface area contributed by atoms with Gasteiger partial charge < -0.3 is 19.7 Å². The summed E-state index contributed by atoms with van der Waals surface area (Å²) in [6.45, 7) is 4.67. The quantitative estimate of drug-likeness (QED) is 0.174. The number of unbranched alkanes of at least 4 members (excludes halogenated alkanes) is 3. The molecule has 1 spiro atoms. The molecule has 4 atom stereocenters. The zero-order valence-electron chi connectivity index (χ0n) is 19.4. The molecule has 0 amide bonds. The average molecular weight is 454 g/mol. The van der Waals surface area contributed by atoms with Crippen molar-refractivity contribution in [3.63, 3.8) is 0 Å². The van der Waals surface area contributed by atoms with Crippen LogP contribution in [-0.2, 0) is 14.3 Å². The molecule has 0 bridgehead atoms. The van der Waals surface area contributed by atoms with Gasteiger partial charge in [-0.25, -0.2) is 0 Å². The van der Waals surface area contributed by atoms with E-state index < -0.39 is 17.4 Å². The number of nitrogens with zero attached hydrogens (tertiary/aromatic N) is 1. The lowest BCUT2D eigenvalue weighted by molar-refractivity contribution is -0.489. The monoisotopic (exact) mass is 453 g/mol. The number of carboxylic acid groups (broad SMARTS) is 1. The largest absolute Gasteiger partial charge is 0.481 e. The van der Waals surface area contributed by atoms with Crippen molar-refractivity contribution in [1.29, 1.82) is 0 Å². The van der Waals surface area contributed by atoms with Crippen LogP contribution in [0.5, 0.6) is 0 Å². The lowest BCUT2D eigenvalue weighted by Crippen LogP contribution is -2.36. The van der Waals surface area contributed by atoms with Gasteiger partial charge in [-0.15, -0.1) is 0 Å². The summed E-state index contributed by atoms with van der Waals surface area (Å²) in [5.41, 5.74) is -0.960. The van der Waals surface area contributed by atoms with E-state index in [9.17, 15) is 20.0 Å². The molecule has 0 aromatic heterocycles. The highest BCUT2D eigenvalue weighted by Gasteiger charge is 2.57. The van der Waals surface area contributed by atoms with Crippen LogP contribution in [0.3, 0.4) is 0 Å². The van der Waals surface area contributed by atoms with Crippen molar-refractivity contribution in [3.05, 3.63) is 34.4 Å². The Morgan fingerprint density at radius 1 is 1.25 bits per heavy atom. The molecular weight excluding hydrogens is 414 g/mol. The van der Waals surface area contributed by atoms with Crippen LogP contribution in [0, 0.1) is 27.9 Å². The Hall–Kier alpha value is -1.77. The Kier molecular flexibility index (Phi) is 10.3. The maximum atomic E-state index is 11.4. The number of aliphatic carboxylic acids is 1. The molecule has 0 aromatic rings. The lowest BCUT2D eigenvalue weighted by atomic mass is 9.84. The standard InChI is InChI=1S/C24H39NO7/c1-3-4-9-13-23(2,28)14-12-20-19(18-25(29)30)17-24(31-15-16-32-24)21(20)10-7-5-6-8-11-22(26)27/h5,7,12,14,19-21,28H,3-4,6,8-11,13,15-18H2,1-2H3,(H,26,27)/b7-5+,14-12+. The van der Waals surface area contributed by atoms with Gasteiger partial charge in [0.2, 0.25) is 6.54 Å². The predicted octanol–water partition coefficient (Wildman–Crippen LogP) is 4.35. The van der Waals surface area contributed by atoms with Gasteiger partial charge in [-0.3, -0.25) is 14.9 Å². The Morgan fingerprint density at radius 3 is 2.59 bits per heavy atom. The van der Waals surface area contributed by atoms with Crippen molar-refractivity contribution in [1.82, 2.24) is 0 Å². The van der Waals surface area contributed by atoms with Crippen LogP contribution in [0.1, 0.15) is 71.6 Å². The van der Waals surface area contributed by atoms with E-state index in [0.717, 1.165) is 19.3 Å². The Labute approximate surface area is 190 Å². The fourth-order valence-electron chi connectivity index (χ4n) is 4.95. The second kappa shape index (κ2) is 12.5. The topological polar surface area (TPSA) is 119 Å². The Bertz CT molecular complexity index is 667. The molecule has 32 heavy (non-hydrogen) atoms. The highest BCUT2D eigenvalue weighted by molar-refractivity contribution is 5.66. The molecule has 8 heteroatoms. The molecule has 0 radical (unpaired) electrons. The molecule has 1 aliphatic carbocycles. The third kappa shape index (κ3) is 7.98. The first-order valence-electron chi connectivity index (χ1n) is 11.9. The number of hydrogen-bond acceptors (Lipinski definition) is 6. The van der Waals surface area contributed by atoms with Gasteiger partial charge >= 0.3 is 5.97 Å². The van der Waals surface area contributed by atoms with E-state index in [1.54, 1.807) is 13.0 Å². The predicted molar refractivity (Wildman–Crippen MR) is 121 cm³/mol. The molecule has 1 heterocycles. The molecule has 0 aromatic carbocycles. The van der Waals surface area contributed by atoms with Gasteiger partial charge in [0.1, 0.15) is 0 Å². The molecule has 2 aliphatic rings. The van der Waals surface area contributed by atoms with E-state index in [1.807, 2.05) is 18.2 Å². The third-order valence-electron chi connectivity index (χ3n) is 6.56. The van der Waals surface area contributed by atoms with Gasteiger partial charge in [-0.05, 0) is 38.5 Å². The van der Waals surface area contributed by atoms with Crippen LogP contribution >= 0.6 is 0 Å². The molecular formula is C24H39NO7. The highest BCUT2D eigenvalue weighted by Crippen LogP contribution is 2.51. The van der Waals surface area contributed by atoms with Crippen LogP contribution in [0.4, 0.5) is 0 Å². The normalized spacial score (nSPS) is 26.9. The van der Waals surface area contributed by atoms with Gasteiger partial charge in [0, 0.05) is 29.6 Å². The van der Waals surface area contributed by atoms with Crippen LogP contribution in [0.25, 0.3) is 0 Å². The minimum absolute atomic E-state index is 0.103. The first kappa shape index (κ1) is 26.5. The summed E-state index contributed by atoms with van der Waals surface area (Å²) in [6.07, 6.45) is 13.9. The van der Waals surface area contributed by atoms with Crippen molar-refractivity contribution in [2.45, 2.75) is 83.0 Å².